The maximum Gasteiger partial charge on any atom is 0.261 e. The minimum atomic E-state index is -2.54. The lowest BCUT2D eigenvalue weighted by Crippen LogP contribution is -2.66. The van der Waals surface area contributed by atoms with Gasteiger partial charge in [0.05, 0.1) is 12.7 Å². The lowest BCUT2D eigenvalue weighted by atomic mass is 10.1. The van der Waals surface area contributed by atoms with Crippen molar-refractivity contribution >= 4 is 27.0 Å². The molecule has 0 radical (unpaired) electrons. The summed E-state index contributed by atoms with van der Waals surface area (Å²) in [6, 6.07) is 31.9. The Bertz CT molecular complexity index is 1330. The third-order valence-electron chi connectivity index (χ3n) is 9.65. The van der Waals surface area contributed by atoms with Gasteiger partial charge in [0.1, 0.15) is 6.10 Å². The van der Waals surface area contributed by atoms with Crippen LogP contribution in [-0.2, 0) is 20.2 Å². The van der Waals surface area contributed by atoms with Crippen LogP contribution in [-0.4, -0.2) is 47.2 Å². The number of aliphatic hydroxyl groups excluding tert-OH is 1. The minimum Gasteiger partial charge on any atom is -0.413 e. The molecule has 0 saturated heterocycles. The van der Waals surface area contributed by atoms with Crippen LogP contribution in [0.15, 0.2) is 91.0 Å². The van der Waals surface area contributed by atoms with E-state index in [0.29, 0.717) is 26.1 Å². The Hall–Kier alpha value is -2.51. The zero-order chi connectivity index (χ0) is 35.1. The van der Waals surface area contributed by atoms with Gasteiger partial charge in [0, 0.05) is 19.6 Å². The van der Waals surface area contributed by atoms with Gasteiger partial charge >= 0.3 is 0 Å². The van der Waals surface area contributed by atoms with Crippen LogP contribution < -0.4 is 10.4 Å². The molecular formula is C42H62O4Si2. The smallest absolute Gasteiger partial charge is 0.261 e. The summed E-state index contributed by atoms with van der Waals surface area (Å²) in [5, 5.41) is 13.5. The summed E-state index contributed by atoms with van der Waals surface area (Å²) in [4.78, 5) is 0. The van der Waals surface area contributed by atoms with E-state index in [0.717, 1.165) is 38.7 Å². The molecule has 6 heteroatoms. The van der Waals surface area contributed by atoms with Gasteiger partial charge in [-0.3, -0.25) is 0 Å². The average Bonchev–Trinajstić information content (AvgIpc) is 3.04. The van der Waals surface area contributed by atoms with Crippen LogP contribution in [0.2, 0.25) is 23.2 Å². The summed E-state index contributed by atoms with van der Waals surface area (Å²) in [5.41, 5.74) is 1.21. The zero-order valence-corrected chi connectivity index (χ0v) is 33.1. The highest BCUT2D eigenvalue weighted by molar-refractivity contribution is 6.99. The molecule has 3 rings (SSSR count). The average molecular weight is 687 g/mol. The molecule has 0 aliphatic heterocycles. The molecule has 262 valence electrons. The van der Waals surface area contributed by atoms with E-state index in [4.69, 9.17) is 13.6 Å². The molecule has 3 aromatic rings. The van der Waals surface area contributed by atoms with Crippen molar-refractivity contribution in [3.05, 3.63) is 96.6 Å². The molecule has 48 heavy (non-hydrogen) atoms. The van der Waals surface area contributed by atoms with Crippen LogP contribution in [0, 0.1) is 11.8 Å². The van der Waals surface area contributed by atoms with Crippen molar-refractivity contribution in [3.8, 4) is 11.8 Å². The highest BCUT2D eigenvalue weighted by Gasteiger charge is 2.50. The van der Waals surface area contributed by atoms with E-state index in [9.17, 15) is 5.11 Å². The fraction of sp³-hybridized carbons (Fsp3) is 0.524. The summed E-state index contributed by atoms with van der Waals surface area (Å²) in [6.07, 6.45) is 5.44. The molecular weight excluding hydrogens is 625 g/mol. The molecule has 0 aliphatic rings. The van der Waals surface area contributed by atoms with Gasteiger partial charge < -0.3 is 18.7 Å². The van der Waals surface area contributed by atoms with Crippen LogP contribution in [0.5, 0.6) is 0 Å². The van der Waals surface area contributed by atoms with Gasteiger partial charge in [0.25, 0.3) is 8.32 Å². The fourth-order valence-corrected chi connectivity index (χ4v) is 11.9. The summed E-state index contributed by atoms with van der Waals surface area (Å²) in [5.74, 6) is 6.44. The SMILES string of the molecule is CC(C)(C)[Si](C)(C)O[C@@H](CC#C[C@@H](O)CCCCO[Si](c1ccccc1)(c1ccccc1)C(C)(C)C)CCCCOCc1ccccc1. The molecule has 2 atom stereocenters. The summed E-state index contributed by atoms with van der Waals surface area (Å²) in [6.45, 7) is 20.4. The summed E-state index contributed by atoms with van der Waals surface area (Å²) in [7, 11) is -4.48. The number of benzene rings is 3. The van der Waals surface area contributed by atoms with E-state index in [1.54, 1.807) is 0 Å². The van der Waals surface area contributed by atoms with Gasteiger partial charge in [0.2, 0.25) is 0 Å². The first kappa shape index (κ1) is 39.9. The minimum absolute atomic E-state index is 0.0428. The molecule has 0 aliphatic carbocycles. The topological polar surface area (TPSA) is 47.9 Å². The third-order valence-corrected chi connectivity index (χ3v) is 19.2. The van der Waals surface area contributed by atoms with E-state index in [1.807, 2.05) is 18.2 Å². The molecule has 0 spiro atoms. The number of rotatable bonds is 18. The van der Waals surface area contributed by atoms with Gasteiger partial charge in [-0.25, -0.2) is 0 Å². The van der Waals surface area contributed by atoms with Crippen LogP contribution in [0.1, 0.15) is 92.1 Å². The Morgan fingerprint density at radius 3 is 1.73 bits per heavy atom. The second-order valence-electron chi connectivity index (χ2n) is 15.6. The van der Waals surface area contributed by atoms with Gasteiger partial charge in [0.15, 0.2) is 8.32 Å². The highest BCUT2D eigenvalue weighted by Crippen LogP contribution is 2.38. The van der Waals surface area contributed by atoms with Crippen molar-refractivity contribution in [2.45, 2.75) is 128 Å². The number of hydrogen-bond acceptors (Lipinski definition) is 4. The van der Waals surface area contributed by atoms with E-state index < -0.39 is 22.7 Å². The van der Waals surface area contributed by atoms with E-state index in [1.165, 1.54) is 15.9 Å². The van der Waals surface area contributed by atoms with Crippen molar-refractivity contribution in [2.75, 3.05) is 13.2 Å². The normalized spacial score (nSPS) is 13.9. The Morgan fingerprint density at radius 2 is 1.19 bits per heavy atom. The number of hydrogen-bond donors (Lipinski definition) is 1. The van der Waals surface area contributed by atoms with E-state index >= 15 is 0 Å². The second kappa shape index (κ2) is 19.0. The molecule has 1 N–H and O–H groups in total. The van der Waals surface area contributed by atoms with Gasteiger partial charge in [-0.15, -0.1) is 0 Å². The lowest BCUT2D eigenvalue weighted by Gasteiger charge is -2.43. The van der Waals surface area contributed by atoms with Crippen LogP contribution in [0.4, 0.5) is 0 Å². The molecule has 3 aromatic carbocycles. The zero-order valence-electron chi connectivity index (χ0n) is 31.1. The van der Waals surface area contributed by atoms with Crippen molar-refractivity contribution in [1.82, 2.24) is 0 Å². The van der Waals surface area contributed by atoms with E-state index in [-0.39, 0.29) is 16.2 Å². The summed E-state index contributed by atoms with van der Waals surface area (Å²) >= 11 is 0. The molecule has 4 nitrogen and oxygen atoms in total. The lowest BCUT2D eigenvalue weighted by molar-refractivity contribution is 0.111. The predicted molar refractivity (Wildman–Crippen MR) is 208 cm³/mol. The molecule has 0 amide bonds. The largest absolute Gasteiger partial charge is 0.413 e. The Balaban J connectivity index is 1.52. The van der Waals surface area contributed by atoms with Crippen molar-refractivity contribution < 1.29 is 18.7 Å². The Labute approximate surface area is 294 Å². The van der Waals surface area contributed by atoms with Crippen LogP contribution in [0.3, 0.4) is 0 Å². The highest BCUT2D eigenvalue weighted by atomic mass is 28.4. The maximum atomic E-state index is 10.8. The fourth-order valence-electron chi connectivity index (χ4n) is 5.93. The predicted octanol–water partition coefficient (Wildman–Crippen LogP) is 9.27. The quantitative estimate of drug-likeness (QED) is 0.0824. The van der Waals surface area contributed by atoms with Crippen molar-refractivity contribution in [3.63, 3.8) is 0 Å². The monoisotopic (exact) mass is 686 g/mol. The summed E-state index contributed by atoms with van der Waals surface area (Å²) < 4.78 is 19.7. The van der Waals surface area contributed by atoms with Crippen LogP contribution >= 0.6 is 0 Å². The number of unbranched alkanes of at least 4 members (excludes halogenated alkanes) is 2. The van der Waals surface area contributed by atoms with Gasteiger partial charge in [-0.1, -0.05) is 144 Å². The molecule has 0 aromatic heterocycles. The number of ether oxygens (including phenoxy) is 1. The molecule has 0 bridgehead atoms. The molecule has 0 fully saturated rings. The van der Waals surface area contributed by atoms with E-state index in [2.05, 4.69) is 139 Å². The number of aliphatic hydroxyl groups is 1. The van der Waals surface area contributed by atoms with Crippen molar-refractivity contribution in [2.24, 2.45) is 0 Å². The Morgan fingerprint density at radius 1 is 0.667 bits per heavy atom. The first-order valence-electron chi connectivity index (χ1n) is 18.0. The molecule has 0 saturated carbocycles. The molecule has 0 heterocycles. The first-order valence-corrected chi connectivity index (χ1v) is 22.8. The van der Waals surface area contributed by atoms with Crippen molar-refractivity contribution in [1.29, 1.82) is 0 Å². The Kier molecular flexibility index (Phi) is 15.8. The molecule has 0 unspecified atom stereocenters. The van der Waals surface area contributed by atoms with Gasteiger partial charge in [-0.05, 0) is 77.6 Å². The standard InChI is InChI=1S/C42H62O4Si2/c1-41(2,3)47(7,8)46-38(27-19-20-33-44-35-36-23-12-9-13-24-36)28-22-26-37(43)25-18-21-34-45-48(42(4,5)6,39-29-14-10-15-30-39)40-31-16-11-17-32-40/h9-17,23-24,29-32,37-38,43H,18-21,25,27-28,33-35H2,1-8H3/t37-,38+/m0/s1. The first-order chi connectivity index (χ1) is 22.8. The van der Waals surface area contributed by atoms with Crippen LogP contribution in [0.25, 0.3) is 0 Å². The third kappa shape index (κ3) is 12.1. The van der Waals surface area contributed by atoms with Gasteiger partial charge in [-0.2, -0.15) is 0 Å². The maximum absolute atomic E-state index is 10.8. The second-order valence-corrected chi connectivity index (χ2v) is 24.6.